The number of nitrogens with one attached hydrogen (secondary N) is 1. The minimum atomic E-state index is 0.491. The van der Waals surface area contributed by atoms with Crippen LogP contribution in [-0.4, -0.2) is 37.6 Å². The van der Waals surface area contributed by atoms with E-state index in [1.807, 2.05) is 0 Å². The Labute approximate surface area is 102 Å². The lowest BCUT2D eigenvalue weighted by atomic mass is 9.73. The lowest BCUT2D eigenvalue weighted by Gasteiger charge is -2.41. The molecule has 1 fully saturated rings. The number of nitrogens with zero attached hydrogens (tertiary/aromatic N) is 1. The molecule has 1 rings (SSSR count). The van der Waals surface area contributed by atoms with Gasteiger partial charge in [-0.1, -0.05) is 26.7 Å². The van der Waals surface area contributed by atoms with Gasteiger partial charge in [-0.15, -0.1) is 0 Å². The van der Waals surface area contributed by atoms with Crippen molar-refractivity contribution >= 4 is 0 Å². The predicted molar refractivity (Wildman–Crippen MR) is 71.8 cm³/mol. The molecule has 0 spiro atoms. The van der Waals surface area contributed by atoms with Crippen molar-refractivity contribution in [3.63, 3.8) is 0 Å². The molecule has 0 amide bonds. The van der Waals surface area contributed by atoms with E-state index >= 15 is 0 Å². The highest BCUT2D eigenvalue weighted by molar-refractivity contribution is 4.89. The van der Waals surface area contributed by atoms with Gasteiger partial charge in [-0.3, -0.25) is 0 Å². The van der Waals surface area contributed by atoms with Gasteiger partial charge in [-0.25, -0.2) is 0 Å². The van der Waals surface area contributed by atoms with E-state index in [0.717, 1.165) is 6.04 Å². The molecule has 1 aliphatic rings. The maximum absolute atomic E-state index is 3.84. The standard InChI is InChI=1S/C14H30N2/c1-12(9-11-16(4)5)15-13-8-6-7-10-14(13,2)3/h12-13,15H,6-11H2,1-5H3. The maximum atomic E-state index is 3.84. The van der Waals surface area contributed by atoms with Crippen LogP contribution in [0.2, 0.25) is 0 Å². The third kappa shape index (κ3) is 4.42. The van der Waals surface area contributed by atoms with E-state index in [4.69, 9.17) is 0 Å². The zero-order valence-electron chi connectivity index (χ0n) is 11.8. The van der Waals surface area contributed by atoms with Crippen molar-refractivity contribution in [2.45, 2.75) is 65.0 Å². The van der Waals surface area contributed by atoms with Crippen LogP contribution in [0.25, 0.3) is 0 Å². The normalized spacial score (nSPS) is 27.0. The topological polar surface area (TPSA) is 15.3 Å². The molecule has 1 aliphatic carbocycles. The fraction of sp³-hybridized carbons (Fsp3) is 1.00. The van der Waals surface area contributed by atoms with Crippen molar-refractivity contribution in [2.75, 3.05) is 20.6 Å². The molecular formula is C14H30N2. The van der Waals surface area contributed by atoms with Crippen LogP contribution in [-0.2, 0) is 0 Å². The second-order valence-electron chi connectivity index (χ2n) is 6.45. The van der Waals surface area contributed by atoms with Crippen molar-refractivity contribution in [3.05, 3.63) is 0 Å². The second-order valence-corrected chi connectivity index (χ2v) is 6.45. The predicted octanol–water partition coefficient (Wildman–Crippen LogP) is 2.89. The summed E-state index contributed by atoms with van der Waals surface area (Å²) in [5.74, 6) is 0. The average Bonchev–Trinajstić information content (AvgIpc) is 2.18. The molecule has 0 heterocycles. The molecule has 0 aromatic heterocycles. The zero-order valence-corrected chi connectivity index (χ0v) is 11.8. The summed E-state index contributed by atoms with van der Waals surface area (Å²) in [6.45, 7) is 8.35. The van der Waals surface area contributed by atoms with Gasteiger partial charge in [-0.05, 0) is 52.2 Å². The molecule has 0 saturated heterocycles. The Hall–Kier alpha value is -0.0800. The third-order valence-corrected chi connectivity index (χ3v) is 4.00. The summed E-state index contributed by atoms with van der Waals surface area (Å²) in [5.41, 5.74) is 0.491. The smallest absolute Gasteiger partial charge is 0.0121 e. The molecule has 0 aromatic rings. The summed E-state index contributed by atoms with van der Waals surface area (Å²) in [6, 6.07) is 1.36. The van der Waals surface area contributed by atoms with Gasteiger partial charge in [0.25, 0.3) is 0 Å². The van der Waals surface area contributed by atoms with Crippen LogP contribution < -0.4 is 5.32 Å². The zero-order chi connectivity index (χ0) is 12.2. The second kappa shape index (κ2) is 6.02. The van der Waals surface area contributed by atoms with E-state index in [1.54, 1.807) is 0 Å². The van der Waals surface area contributed by atoms with Crippen LogP contribution in [0, 0.1) is 5.41 Å². The molecule has 0 aliphatic heterocycles. The molecule has 2 nitrogen and oxygen atoms in total. The fourth-order valence-corrected chi connectivity index (χ4v) is 2.68. The molecule has 2 unspecified atom stereocenters. The minimum absolute atomic E-state index is 0.491. The first-order chi connectivity index (χ1) is 7.42. The van der Waals surface area contributed by atoms with Gasteiger partial charge in [0.1, 0.15) is 0 Å². The molecule has 0 bridgehead atoms. The molecule has 2 atom stereocenters. The first-order valence-electron chi connectivity index (χ1n) is 6.82. The average molecular weight is 226 g/mol. The Morgan fingerprint density at radius 3 is 2.56 bits per heavy atom. The molecule has 2 heteroatoms. The Kier molecular flexibility index (Phi) is 5.26. The largest absolute Gasteiger partial charge is 0.311 e. The Bertz CT molecular complexity index is 199. The highest BCUT2D eigenvalue weighted by atomic mass is 15.1. The van der Waals surface area contributed by atoms with Crippen LogP contribution in [0.15, 0.2) is 0 Å². The summed E-state index contributed by atoms with van der Waals surface area (Å²) >= 11 is 0. The summed E-state index contributed by atoms with van der Waals surface area (Å²) in [5, 5.41) is 3.84. The van der Waals surface area contributed by atoms with Gasteiger partial charge in [0.05, 0.1) is 0 Å². The van der Waals surface area contributed by atoms with Gasteiger partial charge in [0.15, 0.2) is 0 Å². The number of hydrogen-bond donors (Lipinski definition) is 1. The highest BCUT2D eigenvalue weighted by Gasteiger charge is 2.32. The summed E-state index contributed by atoms with van der Waals surface area (Å²) in [4.78, 5) is 2.27. The van der Waals surface area contributed by atoms with E-state index < -0.39 is 0 Å². The summed E-state index contributed by atoms with van der Waals surface area (Å²) in [6.07, 6.45) is 6.81. The Balaban J connectivity index is 2.34. The fourth-order valence-electron chi connectivity index (χ4n) is 2.68. The van der Waals surface area contributed by atoms with E-state index in [1.165, 1.54) is 38.6 Å². The molecular weight excluding hydrogens is 196 g/mol. The van der Waals surface area contributed by atoms with E-state index in [9.17, 15) is 0 Å². The highest BCUT2D eigenvalue weighted by Crippen LogP contribution is 2.35. The van der Waals surface area contributed by atoms with Crippen LogP contribution in [0.5, 0.6) is 0 Å². The van der Waals surface area contributed by atoms with E-state index in [-0.39, 0.29) is 0 Å². The molecule has 1 saturated carbocycles. The van der Waals surface area contributed by atoms with Crippen LogP contribution in [0.4, 0.5) is 0 Å². The quantitative estimate of drug-likeness (QED) is 0.775. The maximum Gasteiger partial charge on any atom is 0.0121 e. The molecule has 96 valence electrons. The van der Waals surface area contributed by atoms with E-state index in [2.05, 4.69) is 45.1 Å². The van der Waals surface area contributed by atoms with Crippen molar-refractivity contribution in [2.24, 2.45) is 5.41 Å². The monoisotopic (exact) mass is 226 g/mol. The SMILES string of the molecule is CC(CCN(C)C)NC1CCCCC1(C)C. The molecule has 1 N–H and O–H groups in total. The van der Waals surface area contributed by atoms with Crippen LogP contribution in [0.1, 0.15) is 52.9 Å². The Morgan fingerprint density at radius 2 is 2.00 bits per heavy atom. The molecule has 0 aromatic carbocycles. The van der Waals surface area contributed by atoms with Gasteiger partial charge in [0, 0.05) is 12.1 Å². The first kappa shape index (κ1) is 14.0. The van der Waals surface area contributed by atoms with Gasteiger partial charge in [-0.2, -0.15) is 0 Å². The first-order valence-corrected chi connectivity index (χ1v) is 6.82. The van der Waals surface area contributed by atoms with Gasteiger partial charge in [0.2, 0.25) is 0 Å². The third-order valence-electron chi connectivity index (χ3n) is 4.00. The van der Waals surface area contributed by atoms with Gasteiger partial charge >= 0.3 is 0 Å². The minimum Gasteiger partial charge on any atom is -0.311 e. The molecule has 0 radical (unpaired) electrons. The van der Waals surface area contributed by atoms with Crippen molar-refractivity contribution < 1.29 is 0 Å². The summed E-state index contributed by atoms with van der Waals surface area (Å²) in [7, 11) is 4.30. The van der Waals surface area contributed by atoms with Crippen molar-refractivity contribution in [1.82, 2.24) is 10.2 Å². The summed E-state index contributed by atoms with van der Waals surface area (Å²) < 4.78 is 0. The van der Waals surface area contributed by atoms with Crippen LogP contribution in [0.3, 0.4) is 0 Å². The van der Waals surface area contributed by atoms with Gasteiger partial charge < -0.3 is 10.2 Å². The van der Waals surface area contributed by atoms with Crippen molar-refractivity contribution in [3.8, 4) is 0 Å². The Morgan fingerprint density at radius 1 is 1.31 bits per heavy atom. The van der Waals surface area contributed by atoms with Crippen LogP contribution >= 0.6 is 0 Å². The lowest BCUT2D eigenvalue weighted by Crippen LogP contribution is -2.48. The van der Waals surface area contributed by atoms with E-state index in [0.29, 0.717) is 11.5 Å². The number of hydrogen-bond acceptors (Lipinski definition) is 2. The molecule has 16 heavy (non-hydrogen) atoms. The lowest BCUT2D eigenvalue weighted by molar-refractivity contribution is 0.154. The number of rotatable bonds is 5. The van der Waals surface area contributed by atoms with Crippen molar-refractivity contribution in [1.29, 1.82) is 0 Å².